The van der Waals surface area contributed by atoms with Crippen molar-refractivity contribution in [2.75, 3.05) is 11.1 Å². The number of nitrogen functional groups attached to an aromatic ring is 1. The second kappa shape index (κ2) is 5.10. The van der Waals surface area contributed by atoms with Crippen LogP contribution in [0.3, 0.4) is 0 Å². The van der Waals surface area contributed by atoms with Gasteiger partial charge in [-0.05, 0) is 49.2 Å². The van der Waals surface area contributed by atoms with Crippen LogP contribution in [0.2, 0.25) is 0 Å². The number of amides is 1. The molecular formula is C15H15FN2O. The minimum Gasteiger partial charge on any atom is -0.399 e. The van der Waals surface area contributed by atoms with E-state index in [-0.39, 0.29) is 11.6 Å². The molecule has 2 aromatic rings. The highest BCUT2D eigenvalue weighted by atomic mass is 19.1. The molecule has 0 saturated heterocycles. The average molecular weight is 258 g/mol. The highest BCUT2D eigenvalue weighted by Crippen LogP contribution is 2.18. The first-order chi connectivity index (χ1) is 8.97. The van der Waals surface area contributed by atoms with Crippen molar-refractivity contribution in [1.82, 2.24) is 0 Å². The average Bonchev–Trinajstić information content (AvgIpc) is 2.35. The highest BCUT2D eigenvalue weighted by molar-refractivity contribution is 6.05. The van der Waals surface area contributed by atoms with Crippen molar-refractivity contribution in [3.05, 3.63) is 58.9 Å². The van der Waals surface area contributed by atoms with Crippen LogP contribution in [-0.4, -0.2) is 5.91 Å². The number of halogens is 1. The number of benzene rings is 2. The standard InChI is InChI=1S/C15H15FN2O/c1-9-3-6-14(13(16)7-9)18-15(19)12-8-11(17)5-4-10(12)2/h3-8H,17H2,1-2H3,(H,18,19). The number of hydrogen-bond donors (Lipinski definition) is 2. The highest BCUT2D eigenvalue weighted by Gasteiger charge is 2.12. The Morgan fingerprint density at radius 3 is 2.58 bits per heavy atom. The summed E-state index contributed by atoms with van der Waals surface area (Å²) in [4.78, 5) is 12.1. The summed E-state index contributed by atoms with van der Waals surface area (Å²) >= 11 is 0. The van der Waals surface area contributed by atoms with Crippen molar-refractivity contribution in [3.8, 4) is 0 Å². The lowest BCUT2D eigenvalue weighted by atomic mass is 10.1. The summed E-state index contributed by atoms with van der Waals surface area (Å²) < 4.78 is 13.7. The number of nitrogens with one attached hydrogen (secondary N) is 1. The molecule has 0 aliphatic rings. The number of aryl methyl sites for hydroxylation is 2. The van der Waals surface area contributed by atoms with Gasteiger partial charge in [-0.3, -0.25) is 4.79 Å². The molecule has 0 unspecified atom stereocenters. The van der Waals surface area contributed by atoms with Crippen LogP contribution >= 0.6 is 0 Å². The van der Waals surface area contributed by atoms with Crippen molar-refractivity contribution in [2.24, 2.45) is 0 Å². The minimum absolute atomic E-state index is 0.164. The van der Waals surface area contributed by atoms with Crippen molar-refractivity contribution in [3.63, 3.8) is 0 Å². The first-order valence-corrected chi connectivity index (χ1v) is 5.91. The van der Waals surface area contributed by atoms with Crippen LogP contribution in [0.4, 0.5) is 15.8 Å². The topological polar surface area (TPSA) is 55.1 Å². The molecule has 0 aliphatic carbocycles. The Kier molecular flexibility index (Phi) is 3.51. The quantitative estimate of drug-likeness (QED) is 0.812. The van der Waals surface area contributed by atoms with Crippen LogP contribution in [0.1, 0.15) is 21.5 Å². The van der Waals surface area contributed by atoms with Gasteiger partial charge in [0.2, 0.25) is 0 Å². The molecule has 0 heterocycles. The molecule has 98 valence electrons. The maximum absolute atomic E-state index is 13.7. The van der Waals surface area contributed by atoms with E-state index in [4.69, 9.17) is 5.73 Å². The molecule has 19 heavy (non-hydrogen) atoms. The van der Waals surface area contributed by atoms with E-state index in [0.717, 1.165) is 11.1 Å². The molecule has 0 aromatic heterocycles. The third-order valence-corrected chi connectivity index (χ3v) is 2.88. The molecule has 3 nitrogen and oxygen atoms in total. The van der Waals surface area contributed by atoms with E-state index >= 15 is 0 Å². The Morgan fingerprint density at radius 2 is 1.89 bits per heavy atom. The predicted molar refractivity (Wildman–Crippen MR) is 74.7 cm³/mol. The molecule has 3 N–H and O–H groups in total. The Balaban J connectivity index is 2.28. The fourth-order valence-corrected chi connectivity index (χ4v) is 1.80. The Bertz CT molecular complexity index is 638. The van der Waals surface area contributed by atoms with Gasteiger partial charge in [0.1, 0.15) is 5.82 Å². The summed E-state index contributed by atoms with van der Waals surface area (Å²) in [7, 11) is 0. The molecule has 0 atom stereocenters. The largest absolute Gasteiger partial charge is 0.399 e. The molecular weight excluding hydrogens is 243 g/mol. The zero-order valence-electron chi connectivity index (χ0n) is 10.8. The SMILES string of the molecule is Cc1ccc(NC(=O)c2cc(N)ccc2C)c(F)c1. The number of hydrogen-bond acceptors (Lipinski definition) is 2. The van der Waals surface area contributed by atoms with E-state index in [1.165, 1.54) is 6.07 Å². The second-order valence-corrected chi connectivity index (χ2v) is 4.51. The molecule has 0 spiro atoms. The Labute approximate surface area is 111 Å². The zero-order valence-corrected chi connectivity index (χ0v) is 10.8. The van der Waals surface area contributed by atoms with Crippen molar-refractivity contribution in [2.45, 2.75) is 13.8 Å². The summed E-state index contributed by atoms with van der Waals surface area (Å²) in [6.07, 6.45) is 0. The number of anilines is 2. The second-order valence-electron chi connectivity index (χ2n) is 4.51. The number of rotatable bonds is 2. The van der Waals surface area contributed by atoms with Gasteiger partial charge in [-0.1, -0.05) is 12.1 Å². The molecule has 2 aromatic carbocycles. The lowest BCUT2D eigenvalue weighted by molar-refractivity contribution is 0.102. The fraction of sp³-hybridized carbons (Fsp3) is 0.133. The maximum atomic E-state index is 13.7. The summed E-state index contributed by atoms with van der Waals surface area (Å²) in [6.45, 7) is 3.59. The summed E-state index contributed by atoms with van der Waals surface area (Å²) in [5.41, 5.74) is 8.36. The third kappa shape index (κ3) is 2.91. The van der Waals surface area contributed by atoms with Crippen molar-refractivity contribution < 1.29 is 9.18 Å². The van der Waals surface area contributed by atoms with E-state index < -0.39 is 5.82 Å². The Morgan fingerprint density at radius 1 is 1.16 bits per heavy atom. The van der Waals surface area contributed by atoms with Gasteiger partial charge in [-0.2, -0.15) is 0 Å². The van der Waals surface area contributed by atoms with Gasteiger partial charge in [0.05, 0.1) is 5.69 Å². The molecule has 0 aliphatic heterocycles. The zero-order chi connectivity index (χ0) is 14.0. The van der Waals surface area contributed by atoms with Crippen molar-refractivity contribution >= 4 is 17.3 Å². The van der Waals surface area contributed by atoms with E-state index in [1.807, 2.05) is 0 Å². The van der Waals surface area contributed by atoms with Gasteiger partial charge < -0.3 is 11.1 Å². The molecule has 4 heteroatoms. The molecule has 0 saturated carbocycles. The van der Waals surface area contributed by atoms with Crippen LogP contribution in [0.25, 0.3) is 0 Å². The van der Waals surface area contributed by atoms with Gasteiger partial charge in [0.25, 0.3) is 5.91 Å². The first kappa shape index (κ1) is 13.1. The number of carbonyl (C=O) groups excluding carboxylic acids is 1. The van der Waals surface area contributed by atoms with E-state index in [1.54, 1.807) is 44.2 Å². The first-order valence-electron chi connectivity index (χ1n) is 5.91. The van der Waals surface area contributed by atoms with Gasteiger partial charge in [-0.15, -0.1) is 0 Å². The molecule has 0 bridgehead atoms. The van der Waals surface area contributed by atoms with Crippen LogP contribution in [0.5, 0.6) is 0 Å². The van der Waals surface area contributed by atoms with Gasteiger partial charge >= 0.3 is 0 Å². The predicted octanol–water partition coefficient (Wildman–Crippen LogP) is 3.28. The summed E-state index contributed by atoms with van der Waals surface area (Å²) in [6, 6.07) is 9.72. The van der Waals surface area contributed by atoms with Gasteiger partial charge in [0, 0.05) is 11.3 Å². The van der Waals surface area contributed by atoms with Crippen LogP contribution in [0.15, 0.2) is 36.4 Å². The number of carbonyl (C=O) groups is 1. The molecule has 0 radical (unpaired) electrons. The van der Waals surface area contributed by atoms with E-state index in [0.29, 0.717) is 11.3 Å². The lowest BCUT2D eigenvalue weighted by Crippen LogP contribution is -2.14. The van der Waals surface area contributed by atoms with Gasteiger partial charge in [0.15, 0.2) is 0 Å². The molecule has 2 rings (SSSR count). The maximum Gasteiger partial charge on any atom is 0.256 e. The fourth-order valence-electron chi connectivity index (χ4n) is 1.80. The van der Waals surface area contributed by atoms with E-state index in [9.17, 15) is 9.18 Å². The van der Waals surface area contributed by atoms with E-state index in [2.05, 4.69) is 5.32 Å². The van der Waals surface area contributed by atoms with Crippen LogP contribution < -0.4 is 11.1 Å². The van der Waals surface area contributed by atoms with Crippen LogP contribution in [0, 0.1) is 19.7 Å². The lowest BCUT2D eigenvalue weighted by Gasteiger charge is -2.09. The molecule has 0 fully saturated rings. The Hall–Kier alpha value is -2.36. The smallest absolute Gasteiger partial charge is 0.256 e. The third-order valence-electron chi connectivity index (χ3n) is 2.88. The molecule has 1 amide bonds. The van der Waals surface area contributed by atoms with Crippen LogP contribution in [-0.2, 0) is 0 Å². The summed E-state index contributed by atoms with van der Waals surface area (Å²) in [5, 5.41) is 2.55. The number of nitrogens with two attached hydrogens (primary N) is 1. The minimum atomic E-state index is -0.449. The monoisotopic (exact) mass is 258 g/mol. The normalized spacial score (nSPS) is 10.3. The summed E-state index contributed by atoms with van der Waals surface area (Å²) in [5.74, 6) is -0.817. The van der Waals surface area contributed by atoms with Crippen molar-refractivity contribution in [1.29, 1.82) is 0 Å². The van der Waals surface area contributed by atoms with Gasteiger partial charge in [-0.25, -0.2) is 4.39 Å².